The molecule has 1 atom stereocenters. The quantitative estimate of drug-likeness (QED) is 0.826. The van der Waals surface area contributed by atoms with Crippen molar-refractivity contribution in [2.45, 2.75) is 12.2 Å². The Morgan fingerprint density at radius 2 is 2.11 bits per heavy atom. The molecule has 0 aliphatic carbocycles. The van der Waals surface area contributed by atoms with Crippen LogP contribution in [0.25, 0.3) is 0 Å². The molecule has 1 aromatic carbocycles. The topological polar surface area (TPSA) is 82.0 Å². The second-order valence-corrected chi connectivity index (χ2v) is 6.58. The van der Waals surface area contributed by atoms with Crippen LogP contribution in [-0.4, -0.2) is 28.1 Å². The average Bonchev–Trinajstić information content (AvgIpc) is 2.90. The van der Waals surface area contributed by atoms with E-state index in [1.165, 1.54) is 0 Å². The Labute approximate surface area is 113 Å². The Hall–Kier alpha value is -1.42. The van der Waals surface area contributed by atoms with E-state index in [-0.39, 0.29) is 5.75 Å². The van der Waals surface area contributed by atoms with Crippen LogP contribution in [0.4, 0.5) is 0 Å². The zero-order valence-corrected chi connectivity index (χ0v) is 11.4. The van der Waals surface area contributed by atoms with Crippen molar-refractivity contribution in [2.75, 3.05) is 19.6 Å². The number of hydrogen-bond acceptors (Lipinski definition) is 4. The molecule has 0 radical (unpaired) electrons. The summed E-state index contributed by atoms with van der Waals surface area (Å²) in [5.41, 5.74) is 1.22. The zero-order chi connectivity index (χ0) is 13.7. The molecule has 0 bridgehead atoms. The van der Waals surface area contributed by atoms with Crippen molar-refractivity contribution < 1.29 is 8.42 Å². The fourth-order valence-corrected chi connectivity index (χ4v) is 3.30. The van der Waals surface area contributed by atoms with Crippen molar-refractivity contribution >= 4 is 10.0 Å². The standard InChI is InChI=1S/C13H17N3O2S/c14-7-11-1-3-12(4-2-11)10-19(17,18)16-9-13-5-6-15-8-13/h1-4,13,15-16H,5-6,8-10H2. The number of benzene rings is 1. The Morgan fingerprint density at radius 1 is 1.37 bits per heavy atom. The van der Waals surface area contributed by atoms with E-state index in [0.717, 1.165) is 19.5 Å². The number of hydrogen-bond donors (Lipinski definition) is 2. The Bertz CT molecular complexity index is 555. The van der Waals surface area contributed by atoms with Gasteiger partial charge in [0.15, 0.2) is 0 Å². The van der Waals surface area contributed by atoms with E-state index < -0.39 is 10.0 Å². The summed E-state index contributed by atoms with van der Waals surface area (Å²) in [7, 11) is -3.30. The first-order valence-corrected chi connectivity index (χ1v) is 7.91. The molecule has 1 saturated heterocycles. The highest BCUT2D eigenvalue weighted by Crippen LogP contribution is 2.09. The summed E-state index contributed by atoms with van der Waals surface area (Å²) in [5.74, 6) is 0.342. The van der Waals surface area contributed by atoms with Crippen molar-refractivity contribution in [3.63, 3.8) is 0 Å². The number of rotatable bonds is 5. The van der Waals surface area contributed by atoms with Gasteiger partial charge in [0, 0.05) is 6.54 Å². The van der Waals surface area contributed by atoms with Crippen LogP contribution in [0.2, 0.25) is 0 Å². The van der Waals surface area contributed by atoms with Gasteiger partial charge in [-0.05, 0) is 43.1 Å². The second kappa shape index (κ2) is 6.15. The van der Waals surface area contributed by atoms with Gasteiger partial charge in [0.25, 0.3) is 0 Å². The smallest absolute Gasteiger partial charge is 0.215 e. The average molecular weight is 279 g/mol. The van der Waals surface area contributed by atoms with Crippen LogP contribution in [0.3, 0.4) is 0 Å². The summed E-state index contributed by atoms with van der Waals surface area (Å²) in [5, 5.41) is 11.9. The van der Waals surface area contributed by atoms with Crippen molar-refractivity contribution in [3.8, 4) is 6.07 Å². The summed E-state index contributed by atoms with van der Waals surface area (Å²) < 4.78 is 26.5. The first kappa shape index (κ1) is 14.0. The van der Waals surface area contributed by atoms with E-state index in [4.69, 9.17) is 5.26 Å². The molecule has 5 nitrogen and oxygen atoms in total. The van der Waals surface area contributed by atoms with Gasteiger partial charge in [0.2, 0.25) is 10.0 Å². The lowest BCUT2D eigenvalue weighted by atomic mass is 10.1. The molecule has 0 saturated carbocycles. The molecule has 1 heterocycles. The third-order valence-electron chi connectivity index (χ3n) is 3.19. The molecule has 0 aromatic heterocycles. The minimum atomic E-state index is -3.30. The van der Waals surface area contributed by atoms with Gasteiger partial charge in [-0.3, -0.25) is 0 Å². The fourth-order valence-electron chi connectivity index (χ4n) is 2.08. The first-order chi connectivity index (χ1) is 9.09. The summed E-state index contributed by atoms with van der Waals surface area (Å²) in [6.45, 7) is 2.33. The van der Waals surface area contributed by atoms with E-state index in [1.807, 2.05) is 6.07 Å². The van der Waals surface area contributed by atoms with Gasteiger partial charge in [-0.15, -0.1) is 0 Å². The van der Waals surface area contributed by atoms with Gasteiger partial charge in [-0.2, -0.15) is 5.26 Å². The number of nitrogens with one attached hydrogen (secondary N) is 2. The van der Waals surface area contributed by atoms with Crippen molar-refractivity contribution in [3.05, 3.63) is 35.4 Å². The number of nitrogens with zero attached hydrogens (tertiary/aromatic N) is 1. The van der Waals surface area contributed by atoms with Crippen LogP contribution < -0.4 is 10.0 Å². The van der Waals surface area contributed by atoms with Gasteiger partial charge < -0.3 is 5.32 Å². The Kier molecular flexibility index (Phi) is 4.53. The van der Waals surface area contributed by atoms with Gasteiger partial charge in [-0.25, -0.2) is 13.1 Å². The van der Waals surface area contributed by atoms with Crippen molar-refractivity contribution in [1.29, 1.82) is 5.26 Å². The SMILES string of the molecule is N#Cc1ccc(CS(=O)(=O)NCC2CCNC2)cc1. The maximum absolute atomic E-state index is 11.9. The van der Waals surface area contributed by atoms with Crippen LogP contribution >= 0.6 is 0 Å². The molecule has 2 N–H and O–H groups in total. The van der Waals surface area contributed by atoms with Crippen LogP contribution in [0.15, 0.2) is 24.3 Å². The van der Waals surface area contributed by atoms with Gasteiger partial charge in [0.1, 0.15) is 0 Å². The lowest BCUT2D eigenvalue weighted by Gasteiger charge is -2.10. The lowest BCUT2D eigenvalue weighted by Crippen LogP contribution is -2.31. The molecule has 19 heavy (non-hydrogen) atoms. The third kappa shape index (κ3) is 4.31. The largest absolute Gasteiger partial charge is 0.316 e. The first-order valence-electron chi connectivity index (χ1n) is 6.26. The fraction of sp³-hybridized carbons (Fsp3) is 0.462. The minimum absolute atomic E-state index is 0.0428. The highest BCUT2D eigenvalue weighted by molar-refractivity contribution is 7.88. The monoisotopic (exact) mass is 279 g/mol. The molecule has 1 fully saturated rings. The van der Waals surface area contributed by atoms with Crippen molar-refractivity contribution in [2.24, 2.45) is 5.92 Å². The summed E-state index contributed by atoms with van der Waals surface area (Å²) in [6.07, 6.45) is 1.01. The summed E-state index contributed by atoms with van der Waals surface area (Å²) in [4.78, 5) is 0. The molecular formula is C13H17N3O2S. The van der Waals surface area contributed by atoms with Crippen LogP contribution in [-0.2, 0) is 15.8 Å². The van der Waals surface area contributed by atoms with Crippen LogP contribution in [0, 0.1) is 17.2 Å². The molecule has 0 spiro atoms. The minimum Gasteiger partial charge on any atom is -0.316 e. The maximum atomic E-state index is 11.9. The van der Waals surface area contributed by atoms with E-state index in [9.17, 15) is 8.42 Å². The van der Waals surface area contributed by atoms with Crippen molar-refractivity contribution in [1.82, 2.24) is 10.0 Å². The molecule has 1 aliphatic rings. The van der Waals surface area contributed by atoms with Gasteiger partial charge in [-0.1, -0.05) is 12.1 Å². The molecule has 102 valence electrons. The normalized spacial score (nSPS) is 19.2. The zero-order valence-electron chi connectivity index (χ0n) is 10.6. The van der Waals surface area contributed by atoms with Gasteiger partial charge >= 0.3 is 0 Å². The maximum Gasteiger partial charge on any atom is 0.215 e. The summed E-state index contributed by atoms with van der Waals surface area (Å²) >= 11 is 0. The molecule has 6 heteroatoms. The predicted octanol–water partition coefficient (Wildman–Crippen LogP) is 0.587. The van der Waals surface area contributed by atoms with Crippen LogP contribution in [0.1, 0.15) is 17.5 Å². The predicted molar refractivity (Wildman–Crippen MR) is 72.8 cm³/mol. The molecule has 2 rings (SSSR count). The lowest BCUT2D eigenvalue weighted by molar-refractivity contribution is 0.538. The second-order valence-electron chi connectivity index (χ2n) is 4.78. The van der Waals surface area contributed by atoms with E-state index in [0.29, 0.717) is 23.6 Å². The van der Waals surface area contributed by atoms with E-state index >= 15 is 0 Å². The molecular weight excluding hydrogens is 262 g/mol. The summed E-state index contributed by atoms with van der Waals surface area (Å²) in [6, 6.07) is 8.62. The molecule has 1 aromatic rings. The highest BCUT2D eigenvalue weighted by Gasteiger charge is 2.18. The number of nitriles is 1. The van der Waals surface area contributed by atoms with E-state index in [2.05, 4.69) is 10.0 Å². The van der Waals surface area contributed by atoms with Crippen LogP contribution in [0.5, 0.6) is 0 Å². The van der Waals surface area contributed by atoms with E-state index in [1.54, 1.807) is 24.3 Å². The van der Waals surface area contributed by atoms with Gasteiger partial charge in [0.05, 0.1) is 17.4 Å². The third-order valence-corrected chi connectivity index (χ3v) is 4.51. The Morgan fingerprint density at radius 3 is 2.68 bits per heavy atom. The number of sulfonamides is 1. The highest BCUT2D eigenvalue weighted by atomic mass is 32.2. The molecule has 1 unspecified atom stereocenters. The Balaban J connectivity index is 1.90. The molecule has 1 aliphatic heterocycles. The molecule has 0 amide bonds.